The van der Waals surface area contributed by atoms with Crippen LogP contribution in [0.15, 0.2) is 24.3 Å². The van der Waals surface area contributed by atoms with Crippen molar-refractivity contribution in [3.63, 3.8) is 0 Å². The van der Waals surface area contributed by atoms with Crippen molar-refractivity contribution in [3.05, 3.63) is 24.3 Å². The van der Waals surface area contributed by atoms with Crippen molar-refractivity contribution in [1.29, 1.82) is 0 Å². The first-order valence-electron chi connectivity index (χ1n) is 23.6. The molecule has 0 aliphatic heterocycles. The van der Waals surface area contributed by atoms with E-state index in [4.69, 9.17) is 18.5 Å². The molecule has 0 aliphatic rings. The number of phosphoric acid groups is 1. The Bertz CT molecular complexity index is 1030. The van der Waals surface area contributed by atoms with Gasteiger partial charge in [0.1, 0.15) is 19.8 Å². The number of quaternary nitrogens is 1. The van der Waals surface area contributed by atoms with Crippen molar-refractivity contribution < 1.29 is 42.1 Å². The van der Waals surface area contributed by atoms with Crippen LogP contribution in [-0.2, 0) is 32.7 Å². The van der Waals surface area contributed by atoms with Gasteiger partial charge in [-0.05, 0) is 44.9 Å². The Morgan fingerprint density at radius 1 is 0.544 bits per heavy atom. The van der Waals surface area contributed by atoms with Gasteiger partial charge >= 0.3 is 19.8 Å². The van der Waals surface area contributed by atoms with Crippen molar-refractivity contribution >= 4 is 19.8 Å². The van der Waals surface area contributed by atoms with E-state index in [0.29, 0.717) is 23.9 Å². The van der Waals surface area contributed by atoms with Gasteiger partial charge in [-0.25, -0.2) is 4.57 Å². The van der Waals surface area contributed by atoms with Crippen LogP contribution in [0.25, 0.3) is 0 Å². The number of hydrogen-bond donors (Lipinski definition) is 1. The lowest BCUT2D eigenvalue weighted by Gasteiger charge is -2.24. The highest BCUT2D eigenvalue weighted by Crippen LogP contribution is 2.43. The van der Waals surface area contributed by atoms with Gasteiger partial charge in [0.25, 0.3) is 0 Å². The van der Waals surface area contributed by atoms with Crippen LogP contribution in [0.4, 0.5) is 0 Å². The van der Waals surface area contributed by atoms with Gasteiger partial charge < -0.3 is 18.9 Å². The van der Waals surface area contributed by atoms with Gasteiger partial charge in [0.05, 0.1) is 27.7 Å². The summed E-state index contributed by atoms with van der Waals surface area (Å²) in [6.45, 7) is 4.42. The quantitative estimate of drug-likeness (QED) is 0.0213. The molecule has 57 heavy (non-hydrogen) atoms. The smallest absolute Gasteiger partial charge is 0.462 e. The number of carbonyl (C=O) groups excluding carboxylic acids is 2. The number of hydrogen-bond acceptors (Lipinski definition) is 7. The molecule has 9 nitrogen and oxygen atoms in total. The molecular weight excluding hydrogens is 737 g/mol. The maximum atomic E-state index is 12.7. The van der Waals surface area contributed by atoms with Gasteiger partial charge in [-0.1, -0.05) is 179 Å². The van der Waals surface area contributed by atoms with E-state index >= 15 is 0 Å². The third-order valence-electron chi connectivity index (χ3n) is 10.2. The molecule has 0 saturated heterocycles. The van der Waals surface area contributed by atoms with Crippen molar-refractivity contribution in [2.75, 3.05) is 47.5 Å². The SMILES string of the molecule is CCCCC/C=C\C/C=C\CCCCCCCCCCCC(=O)OC(COC(=O)CCCCCCCCCCCCCCCC)COP(=O)(O)OCC[N+](C)(C)C. The molecule has 0 spiro atoms. The van der Waals surface area contributed by atoms with E-state index in [0.717, 1.165) is 44.9 Å². The number of esters is 2. The van der Waals surface area contributed by atoms with E-state index in [9.17, 15) is 19.0 Å². The summed E-state index contributed by atoms with van der Waals surface area (Å²) in [4.78, 5) is 35.4. The van der Waals surface area contributed by atoms with Crippen LogP contribution in [0, 0.1) is 0 Å². The summed E-state index contributed by atoms with van der Waals surface area (Å²) in [5.74, 6) is -0.794. The highest BCUT2D eigenvalue weighted by atomic mass is 31.2. The van der Waals surface area contributed by atoms with Gasteiger partial charge in [-0.15, -0.1) is 0 Å². The fourth-order valence-corrected chi connectivity index (χ4v) is 7.26. The zero-order valence-electron chi connectivity index (χ0n) is 37.8. The summed E-state index contributed by atoms with van der Waals surface area (Å²) in [5.41, 5.74) is 0. The van der Waals surface area contributed by atoms with E-state index in [1.165, 1.54) is 135 Å². The third kappa shape index (κ3) is 43.9. The van der Waals surface area contributed by atoms with E-state index in [2.05, 4.69) is 38.2 Å². The standard InChI is InChI=1S/C47H90NO8P/c1-6-8-10-12-14-16-18-20-22-23-24-25-26-28-30-32-34-36-38-40-47(50)56-45(44-55-57(51,52)54-42-41-48(3,4)5)43-53-46(49)39-37-35-33-31-29-27-21-19-17-15-13-11-9-7-2/h14,16,20,22,45H,6-13,15,17-19,21,23-44H2,1-5H3/p+1/b16-14-,22-20-. The normalized spacial score (nSPS) is 13.7. The van der Waals surface area contributed by atoms with Crippen molar-refractivity contribution in [3.8, 4) is 0 Å². The minimum absolute atomic E-state index is 0.0328. The summed E-state index contributed by atoms with van der Waals surface area (Å²) >= 11 is 0. The molecule has 0 aromatic carbocycles. The first-order valence-corrected chi connectivity index (χ1v) is 25.1. The van der Waals surface area contributed by atoms with Crippen molar-refractivity contribution in [1.82, 2.24) is 0 Å². The highest BCUT2D eigenvalue weighted by molar-refractivity contribution is 7.47. The lowest BCUT2D eigenvalue weighted by atomic mass is 10.0. The van der Waals surface area contributed by atoms with E-state index in [-0.39, 0.29) is 25.6 Å². The monoisotopic (exact) mass is 829 g/mol. The lowest BCUT2D eigenvalue weighted by Crippen LogP contribution is -2.37. The zero-order chi connectivity index (χ0) is 42.1. The van der Waals surface area contributed by atoms with Crippen LogP contribution in [0.1, 0.15) is 213 Å². The molecule has 0 rings (SSSR count). The summed E-state index contributed by atoms with van der Waals surface area (Å²) in [6, 6.07) is 0. The number of allylic oxidation sites excluding steroid dienone is 4. The Hall–Kier alpha value is -1.51. The second kappa shape index (κ2) is 39.9. The van der Waals surface area contributed by atoms with Crippen LogP contribution in [0.2, 0.25) is 0 Å². The molecule has 0 heterocycles. The van der Waals surface area contributed by atoms with Crippen LogP contribution in [0.5, 0.6) is 0 Å². The zero-order valence-corrected chi connectivity index (χ0v) is 38.7. The largest absolute Gasteiger partial charge is 0.472 e. The molecule has 2 unspecified atom stereocenters. The summed E-state index contributed by atoms with van der Waals surface area (Å²) in [6.07, 6.45) is 43.6. The number of likely N-dealkylation sites (N-methyl/N-ethyl adjacent to an activating group) is 1. The molecule has 336 valence electrons. The molecule has 0 fully saturated rings. The van der Waals surface area contributed by atoms with Gasteiger partial charge in [0.2, 0.25) is 0 Å². The van der Waals surface area contributed by atoms with E-state index < -0.39 is 26.5 Å². The third-order valence-corrected chi connectivity index (χ3v) is 11.2. The molecule has 0 radical (unpaired) electrons. The van der Waals surface area contributed by atoms with Crippen LogP contribution >= 0.6 is 7.82 Å². The first kappa shape index (κ1) is 55.5. The minimum atomic E-state index is -4.37. The Labute approximate surface area is 351 Å². The molecule has 10 heteroatoms. The molecule has 0 aromatic heterocycles. The summed E-state index contributed by atoms with van der Waals surface area (Å²) in [5, 5.41) is 0. The van der Waals surface area contributed by atoms with Gasteiger partial charge in [0.15, 0.2) is 6.10 Å². The lowest BCUT2D eigenvalue weighted by molar-refractivity contribution is -0.870. The van der Waals surface area contributed by atoms with Crippen molar-refractivity contribution in [2.45, 2.75) is 219 Å². The molecule has 0 saturated carbocycles. The molecule has 1 N–H and O–H groups in total. The topological polar surface area (TPSA) is 108 Å². The Morgan fingerprint density at radius 3 is 1.42 bits per heavy atom. The van der Waals surface area contributed by atoms with Crippen LogP contribution < -0.4 is 0 Å². The van der Waals surface area contributed by atoms with Crippen LogP contribution in [0.3, 0.4) is 0 Å². The van der Waals surface area contributed by atoms with Gasteiger partial charge in [-0.2, -0.15) is 0 Å². The van der Waals surface area contributed by atoms with Crippen molar-refractivity contribution in [2.24, 2.45) is 0 Å². The number of ether oxygens (including phenoxy) is 2. The molecule has 0 aliphatic carbocycles. The Balaban J connectivity index is 4.29. The van der Waals surface area contributed by atoms with Gasteiger partial charge in [0, 0.05) is 12.8 Å². The number of carbonyl (C=O) groups is 2. The molecular formula is C47H91NO8P+. The first-order chi connectivity index (χ1) is 27.5. The summed E-state index contributed by atoms with van der Waals surface area (Å²) < 4.78 is 34.4. The minimum Gasteiger partial charge on any atom is -0.462 e. The van der Waals surface area contributed by atoms with Gasteiger partial charge in [-0.3, -0.25) is 18.6 Å². The van der Waals surface area contributed by atoms with E-state index in [1.54, 1.807) is 0 Å². The second-order valence-corrected chi connectivity index (χ2v) is 18.6. The molecule has 0 aromatic rings. The average molecular weight is 829 g/mol. The molecule has 2 atom stereocenters. The number of rotatable bonds is 43. The number of nitrogens with zero attached hydrogens (tertiary/aromatic N) is 1. The van der Waals surface area contributed by atoms with E-state index in [1.807, 2.05) is 21.1 Å². The summed E-state index contributed by atoms with van der Waals surface area (Å²) in [7, 11) is 1.48. The number of unbranched alkanes of at least 4 members (excludes halogenated alkanes) is 25. The fourth-order valence-electron chi connectivity index (χ4n) is 6.52. The fraction of sp³-hybridized carbons (Fsp3) is 0.872. The second-order valence-electron chi connectivity index (χ2n) is 17.1. The van der Waals surface area contributed by atoms with Crippen LogP contribution in [-0.4, -0.2) is 74.9 Å². The number of phosphoric ester groups is 1. The Kier molecular flexibility index (Phi) is 38.9. The molecule has 0 bridgehead atoms. The average Bonchev–Trinajstić information content (AvgIpc) is 3.16. The predicted octanol–water partition coefficient (Wildman–Crippen LogP) is 13.5. The highest BCUT2D eigenvalue weighted by Gasteiger charge is 2.27. The Morgan fingerprint density at radius 2 is 0.947 bits per heavy atom. The molecule has 0 amide bonds. The predicted molar refractivity (Wildman–Crippen MR) is 238 cm³/mol. The maximum Gasteiger partial charge on any atom is 0.472 e. The maximum absolute atomic E-state index is 12.7.